The number of likely N-dealkylation sites (tertiary alicyclic amines) is 1. The van der Waals surface area contributed by atoms with Gasteiger partial charge in [-0.1, -0.05) is 12.1 Å². The highest BCUT2D eigenvalue weighted by atomic mass is 16.5. The maximum Gasteiger partial charge on any atom is 0.256 e. The number of hydrogen-bond acceptors (Lipinski definition) is 7. The van der Waals surface area contributed by atoms with E-state index in [-0.39, 0.29) is 18.1 Å². The van der Waals surface area contributed by atoms with E-state index in [2.05, 4.69) is 26.5 Å². The second-order valence-electron chi connectivity index (χ2n) is 6.86. The van der Waals surface area contributed by atoms with Gasteiger partial charge in [-0.3, -0.25) is 4.79 Å². The van der Waals surface area contributed by atoms with Crippen molar-refractivity contribution in [3.8, 4) is 17.6 Å². The fourth-order valence-electron chi connectivity index (χ4n) is 3.43. The SMILES string of the molecule is C[C@@H]1CC[C@@H](Oc2cc(C#N)ccn2)CN1C(=O)c1ccccc1-n1ncnn1. The summed E-state index contributed by atoms with van der Waals surface area (Å²) in [6, 6.07) is 12.6. The van der Waals surface area contributed by atoms with Crippen LogP contribution in [0.4, 0.5) is 0 Å². The zero-order valence-electron chi connectivity index (χ0n) is 15.8. The van der Waals surface area contributed by atoms with Crippen LogP contribution in [0, 0.1) is 11.3 Å². The number of hydrogen-bond donors (Lipinski definition) is 0. The fourth-order valence-corrected chi connectivity index (χ4v) is 3.43. The van der Waals surface area contributed by atoms with Gasteiger partial charge in [0.15, 0.2) is 6.33 Å². The lowest BCUT2D eigenvalue weighted by Gasteiger charge is -2.38. The molecule has 4 rings (SSSR count). The third-order valence-electron chi connectivity index (χ3n) is 4.95. The lowest BCUT2D eigenvalue weighted by Crippen LogP contribution is -2.49. The molecule has 9 heteroatoms. The lowest BCUT2D eigenvalue weighted by molar-refractivity contribution is 0.0372. The van der Waals surface area contributed by atoms with Gasteiger partial charge in [0.1, 0.15) is 11.8 Å². The Bertz CT molecular complexity index is 1040. The molecule has 146 valence electrons. The Balaban J connectivity index is 1.55. The minimum Gasteiger partial charge on any atom is -0.472 e. The van der Waals surface area contributed by atoms with Crippen LogP contribution in [0.2, 0.25) is 0 Å². The summed E-state index contributed by atoms with van der Waals surface area (Å²) in [7, 11) is 0. The molecule has 1 aromatic carbocycles. The van der Waals surface area contributed by atoms with Gasteiger partial charge in [-0.2, -0.15) is 5.26 Å². The Labute approximate surface area is 167 Å². The van der Waals surface area contributed by atoms with Crippen molar-refractivity contribution in [3.05, 3.63) is 60.0 Å². The van der Waals surface area contributed by atoms with Crippen molar-refractivity contribution < 1.29 is 9.53 Å². The normalized spacial score (nSPS) is 18.8. The average molecular weight is 389 g/mol. The molecule has 9 nitrogen and oxygen atoms in total. The van der Waals surface area contributed by atoms with Crippen LogP contribution in [0.5, 0.6) is 5.88 Å². The highest BCUT2D eigenvalue weighted by Gasteiger charge is 2.32. The summed E-state index contributed by atoms with van der Waals surface area (Å²) < 4.78 is 5.97. The molecular formula is C20H19N7O2. The van der Waals surface area contributed by atoms with Crippen molar-refractivity contribution in [2.24, 2.45) is 0 Å². The van der Waals surface area contributed by atoms with Crippen LogP contribution in [0.1, 0.15) is 35.7 Å². The second-order valence-corrected chi connectivity index (χ2v) is 6.86. The molecule has 0 radical (unpaired) electrons. The number of nitriles is 1. The van der Waals surface area contributed by atoms with E-state index in [0.29, 0.717) is 29.2 Å². The van der Waals surface area contributed by atoms with Crippen molar-refractivity contribution in [1.82, 2.24) is 30.1 Å². The van der Waals surface area contributed by atoms with Crippen molar-refractivity contribution in [2.45, 2.75) is 31.9 Å². The summed E-state index contributed by atoms with van der Waals surface area (Å²) in [5.74, 6) is 0.278. The third-order valence-corrected chi connectivity index (χ3v) is 4.95. The molecule has 1 saturated heterocycles. The first-order valence-corrected chi connectivity index (χ1v) is 9.32. The number of aromatic nitrogens is 5. The lowest BCUT2D eigenvalue weighted by atomic mass is 9.99. The number of pyridine rings is 1. The van der Waals surface area contributed by atoms with Crippen LogP contribution in [-0.4, -0.2) is 54.7 Å². The van der Waals surface area contributed by atoms with Gasteiger partial charge in [-0.05, 0) is 43.2 Å². The number of carbonyl (C=O) groups is 1. The van der Waals surface area contributed by atoms with Crippen molar-refractivity contribution in [3.63, 3.8) is 0 Å². The van der Waals surface area contributed by atoms with E-state index in [1.165, 1.54) is 11.1 Å². The zero-order chi connectivity index (χ0) is 20.2. The van der Waals surface area contributed by atoms with Crippen LogP contribution in [-0.2, 0) is 0 Å². The topological polar surface area (TPSA) is 110 Å². The molecule has 0 spiro atoms. The largest absolute Gasteiger partial charge is 0.472 e. The molecule has 2 aromatic heterocycles. The fraction of sp³-hybridized carbons (Fsp3) is 0.300. The number of carbonyl (C=O) groups excluding carboxylic acids is 1. The highest BCUT2D eigenvalue weighted by molar-refractivity contribution is 5.98. The van der Waals surface area contributed by atoms with Gasteiger partial charge >= 0.3 is 0 Å². The van der Waals surface area contributed by atoms with E-state index in [1.807, 2.05) is 19.1 Å². The van der Waals surface area contributed by atoms with Crippen LogP contribution < -0.4 is 4.74 Å². The quantitative estimate of drug-likeness (QED) is 0.671. The number of ether oxygens (including phenoxy) is 1. The average Bonchev–Trinajstić information content (AvgIpc) is 3.29. The first kappa shape index (κ1) is 18.6. The highest BCUT2D eigenvalue weighted by Crippen LogP contribution is 2.25. The predicted octanol–water partition coefficient (Wildman–Crippen LogP) is 2.00. The molecule has 2 atom stereocenters. The van der Waals surface area contributed by atoms with Crippen LogP contribution in [0.25, 0.3) is 5.69 Å². The van der Waals surface area contributed by atoms with E-state index in [4.69, 9.17) is 10.00 Å². The summed E-state index contributed by atoms with van der Waals surface area (Å²) in [5.41, 5.74) is 1.57. The van der Waals surface area contributed by atoms with E-state index in [9.17, 15) is 4.79 Å². The Morgan fingerprint density at radius 2 is 2.14 bits per heavy atom. The van der Waals surface area contributed by atoms with E-state index >= 15 is 0 Å². The Morgan fingerprint density at radius 3 is 2.93 bits per heavy atom. The first-order chi connectivity index (χ1) is 14.2. The van der Waals surface area contributed by atoms with Gasteiger partial charge in [0.05, 0.1) is 23.7 Å². The molecule has 1 fully saturated rings. The summed E-state index contributed by atoms with van der Waals surface area (Å²) in [4.78, 5) is 20.7. The summed E-state index contributed by atoms with van der Waals surface area (Å²) >= 11 is 0. The van der Waals surface area contributed by atoms with Gasteiger partial charge < -0.3 is 9.64 Å². The summed E-state index contributed by atoms with van der Waals surface area (Å²) in [5, 5.41) is 20.7. The van der Waals surface area contributed by atoms with Crippen molar-refractivity contribution in [1.29, 1.82) is 5.26 Å². The third kappa shape index (κ3) is 3.91. The van der Waals surface area contributed by atoms with E-state index in [0.717, 1.165) is 12.8 Å². The Kier molecular flexibility index (Phi) is 5.16. The number of tetrazole rings is 1. The first-order valence-electron chi connectivity index (χ1n) is 9.32. The maximum atomic E-state index is 13.3. The predicted molar refractivity (Wildman–Crippen MR) is 102 cm³/mol. The molecule has 0 unspecified atom stereocenters. The monoisotopic (exact) mass is 389 g/mol. The molecule has 29 heavy (non-hydrogen) atoms. The molecule has 1 aliphatic rings. The van der Waals surface area contributed by atoms with Crippen LogP contribution in [0.15, 0.2) is 48.9 Å². The Morgan fingerprint density at radius 1 is 1.28 bits per heavy atom. The summed E-state index contributed by atoms with van der Waals surface area (Å²) in [6.45, 7) is 2.45. The van der Waals surface area contributed by atoms with Gasteiger partial charge in [0, 0.05) is 18.3 Å². The molecular weight excluding hydrogens is 370 g/mol. The number of para-hydroxylation sites is 1. The van der Waals surface area contributed by atoms with E-state index < -0.39 is 0 Å². The number of piperidine rings is 1. The minimum absolute atomic E-state index is 0.0671. The second kappa shape index (κ2) is 8.06. The smallest absolute Gasteiger partial charge is 0.256 e. The standard InChI is InChI=1S/C20H19N7O2/c1-14-6-7-16(29-19-10-15(11-21)8-9-22-19)12-26(14)20(28)17-4-2-3-5-18(17)27-24-13-23-25-27/h2-5,8-10,13-14,16H,6-7,12H2,1H3/t14-,16-/m1/s1. The number of amides is 1. The number of benzene rings is 1. The molecule has 0 saturated carbocycles. The van der Waals surface area contributed by atoms with Gasteiger partial charge in [-0.15, -0.1) is 15.0 Å². The van der Waals surface area contributed by atoms with Gasteiger partial charge in [-0.25, -0.2) is 4.98 Å². The molecule has 0 bridgehead atoms. The van der Waals surface area contributed by atoms with Crippen LogP contribution >= 0.6 is 0 Å². The Hall–Kier alpha value is -3.80. The van der Waals surface area contributed by atoms with Crippen molar-refractivity contribution >= 4 is 5.91 Å². The van der Waals surface area contributed by atoms with E-state index in [1.54, 1.807) is 35.4 Å². The molecule has 3 heterocycles. The van der Waals surface area contributed by atoms with Crippen molar-refractivity contribution in [2.75, 3.05) is 6.54 Å². The molecule has 1 amide bonds. The summed E-state index contributed by atoms with van der Waals surface area (Å²) in [6.07, 6.45) is 4.28. The molecule has 3 aromatic rings. The zero-order valence-corrected chi connectivity index (χ0v) is 15.8. The minimum atomic E-state index is -0.201. The maximum absolute atomic E-state index is 13.3. The van der Waals surface area contributed by atoms with Crippen LogP contribution in [0.3, 0.4) is 0 Å². The number of rotatable bonds is 4. The molecule has 1 aliphatic heterocycles. The molecule has 0 N–H and O–H groups in total. The molecule has 0 aliphatic carbocycles. The number of nitrogens with zero attached hydrogens (tertiary/aromatic N) is 7. The van der Waals surface area contributed by atoms with Gasteiger partial charge in [0.2, 0.25) is 5.88 Å². The van der Waals surface area contributed by atoms with Gasteiger partial charge in [0.25, 0.3) is 5.91 Å².